The zero-order chi connectivity index (χ0) is 24.1. The first-order chi connectivity index (χ1) is 16.5. The van der Waals surface area contributed by atoms with Crippen molar-refractivity contribution in [2.24, 2.45) is 0 Å². The second-order valence-electron chi connectivity index (χ2n) is 7.78. The van der Waals surface area contributed by atoms with Gasteiger partial charge in [-0.05, 0) is 35.9 Å². The molecule has 0 spiro atoms. The van der Waals surface area contributed by atoms with Crippen molar-refractivity contribution in [2.45, 2.75) is 0 Å². The van der Waals surface area contributed by atoms with Crippen LogP contribution in [0.3, 0.4) is 0 Å². The lowest BCUT2D eigenvalue weighted by molar-refractivity contribution is 0.153. The number of aromatic nitrogens is 2. The average Bonchev–Trinajstić information content (AvgIpc) is 3.28. The highest BCUT2D eigenvalue weighted by Gasteiger charge is 2.16. The second kappa shape index (κ2) is 11.1. The van der Waals surface area contributed by atoms with Crippen molar-refractivity contribution in [2.75, 3.05) is 48.1 Å². The van der Waals surface area contributed by atoms with Gasteiger partial charge in [0.05, 0.1) is 30.0 Å². The zero-order valence-corrected chi connectivity index (χ0v) is 21.9. The molecule has 176 valence electrons. The minimum atomic E-state index is -1.05. The average molecular weight is 588 g/mol. The van der Waals surface area contributed by atoms with Gasteiger partial charge in [0.1, 0.15) is 10.8 Å². The van der Waals surface area contributed by atoms with E-state index in [1.54, 1.807) is 23.6 Å². The Morgan fingerprint density at radius 3 is 2.41 bits per heavy atom. The van der Waals surface area contributed by atoms with Gasteiger partial charge in [-0.25, -0.2) is 14.8 Å². The van der Waals surface area contributed by atoms with Gasteiger partial charge in [-0.2, -0.15) is 0 Å². The first-order valence-corrected chi connectivity index (χ1v) is 13.1. The number of halogens is 1. The normalized spacial score (nSPS) is 11.0. The Bertz CT molecular complexity index is 1260. The molecule has 7 nitrogen and oxygen atoms in total. The van der Waals surface area contributed by atoms with Gasteiger partial charge in [-0.3, -0.25) is 4.90 Å². The van der Waals surface area contributed by atoms with Crippen LogP contribution in [-0.4, -0.2) is 59.4 Å². The molecule has 0 fully saturated rings. The van der Waals surface area contributed by atoms with Gasteiger partial charge < -0.3 is 14.7 Å². The van der Waals surface area contributed by atoms with Crippen LogP contribution in [-0.2, 0) is 4.74 Å². The van der Waals surface area contributed by atoms with E-state index < -0.39 is 6.09 Å². The zero-order valence-electron chi connectivity index (χ0n) is 18.9. The van der Waals surface area contributed by atoms with Gasteiger partial charge in [0.2, 0.25) is 0 Å². The molecule has 0 bridgehead atoms. The molecule has 0 saturated carbocycles. The third kappa shape index (κ3) is 5.65. The summed E-state index contributed by atoms with van der Waals surface area (Å²) < 4.78 is 7.44. The molecule has 1 amide bonds. The summed E-state index contributed by atoms with van der Waals surface area (Å²) in [7, 11) is 4.06. The minimum Gasteiger partial charge on any atom is -0.465 e. The number of pyridine rings is 1. The maximum absolute atomic E-state index is 11.6. The number of benzene rings is 2. The van der Waals surface area contributed by atoms with Gasteiger partial charge in [0.25, 0.3) is 0 Å². The van der Waals surface area contributed by atoms with Gasteiger partial charge in [-0.1, -0.05) is 46.9 Å². The van der Waals surface area contributed by atoms with E-state index in [1.807, 2.05) is 32.3 Å². The first kappa shape index (κ1) is 24.4. The lowest BCUT2D eigenvalue weighted by Crippen LogP contribution is -2.33. The summed E-state index contributed by atoms with van der Waals surface area (Å²) in [4.78, 5) is 24.1. The number of carboxylic acid groups (broad SMARTS) is 1. The van der Waals surface area contributed by atoms with E-state index in [0.717, 1.165) is 42.0 Å². The minimum absolute atomic E-state index is 0.241. The van der Waals surface area contributed by atoms with Crippen molar-refractivity contribution >= 4 is 61.7 Å². The van der Waals surface area contributed by atoms with Crippen molar-refractivity contribution in [3.63, 3.8) is 0 Å². The fourth-order valence-electron chi connectivity index (χ4n) is 3.46. The Labute approximate surface area is 216 Å². The Morgan fingerprint density at radius 1 is 1.03 bits per heavy atom. The molecule has 0 saturated heterocycles. The molecule has 1 N–H and O–H groups in total. The molecule has 0 aliphatic heterocycles. The highest BCUT2D eigenvalue weighted by molar-refractivity contribution is 14.1. The first-order valence-electron chi connectivity index (χ1n) is 10.7. The summed E-state index contributed by atoms with van der Waals surface area (Å²) in [5.74, 6) is 0.387. The van der Waals surface area contributed by atoms with Crippen LogP contribution in [0, 0.1) is 0 Å². The number of alkyl halides is 1. The Hall–Kier alpha value is -2.76. The number of ether oxygens (including phenoxy) is 1. The lowest BCUT2D eigenvalue weighted by atomic mass is 10.1. The van der Waals surface area contributed by atoms with Crippen LogP contribution >= 0.6 is 33.9 Å². The van der Waals surface area contributed by atoms with E-state index >= 15 is 0 Å². The fraction of sp³-hybridized carbons (Fsp3) is 0.240. The summed E-state index contributed by atoms with van der Waals surface area (Å²) in [6, 6.07) is 18.1. The van der Waals surface area contributed by atoms with Gasteiger partial charge in [0.15, 0.2) is 0 Å². The van der Waals surface area contributed by atoms with E-state index in [9.17, 15) is 9.90 Å². The van der Waals surface area contributed by atoms with Crippen LogP contribution in [0.5, 0.6) is 0 Å². The molecule has 34 heavy (non-hydrogen) atoms. The topological polar surface area (TPSA) is 78.8 Å². The molecule has 0 unspecified atom stereocenters. The molecule has 2 aromatic heterocycles. The maximum Gasteiger partial charge on any atom is 0.413 e. The van der Waals surface area contributed by atoms with Crippen molar-refractivity contribution in [3.05, 3.63) is 60.8 Å². The molecule has 2 heterocycles. The fourth-order valence-corrected chi connectivity index (χ4v) is 4.77. The third-order valence-electron chi connectivity index (χ3n) is 5.29. The molecule has 4 aromatic rings. The number of hydrogen-bond donors (Lipinski definition) is 1. The number of nitrogens with zero attached hydrogens (tertiary/aromatic N) is 4. The molecule has 9 heteroatoms. The van der Waals surface area contributed by atoms with Crippen LogP contribution < -0.4 is 9.80 Å². The Morgan fingerprint density at radius 2 is 1.76 bits per heavy atom. The molecule has 2 aromatic carbocycles. The van der Waals surface area contributed by atoms with E-state index in [4.69, 9.17) is 9.72 Å². The number of rotatable bonds is 9. The highest BCUT2D eigenvalue weighted by Crippen LogP contribution is 2.33. The maximum atomic E-state index is 11.6. The van der Waals surface area contributed by atoms with Crippen LogP contribution in [0.25, 0.3) is 31.9 Å². The van der Waals surface area contributed by atoms with Crippen molar-refractivity contribution in [1.82, 2.24) is 9.97 Å². The van der Waals surface area contributed by atoms with E-state index in [1.165, 1.54) is 4.90 Å². The van der Waals surface area contributed by atoms with Crippen LogP contribution in [0.4, 0.5) is 16.3 Å². The lowest BCUT2D eigenvalue weighted by Gasteiger charge is -2.18. The Kier molecular flexibility index (Phi) is 7.96. The van der Waals surface area contributed by atoms with Crippen LogP contribution in [0.2, 0.25) is 0 Å². The van der Waals surface area contributed by atoms with Gasteiger partial charge >= 0.3 is 6.09 Å². The standard InChI is InChI=1S/C25H25IN4O3S/c1-29(2)20-8-9-21-22(15-20)34-24(28-21)18-5-3-17(4-6-18)19-7-10-23(27-16-19)30(25(31)32)12-14-33-13-11-26/h3-10,15-16H,11-14H2,1-2H3,(H,31,32). The Balaban J connectivity index is 1.49. The highest BCUT2D eigenvalue weighted by atomic mass is 127. The van der Waals surface area contributed by atoms with Crippen molar-refractivity contribution < 1.29 is 14.6 Å². The summed E-state index contributed by atoms with van der Waals surface area (Å²) in [5, 5.41) is 10.5. The predicted molar refractivity (Wildman–Crippen MR) is 148 cm³/mol. The number of amides is 1. The number of fused-ring (bicyclic) bond motifs is 1. The number of carbonyl (C=O) groups is 1. The second-order valence-corrected chi connectivity index (χ2v) is 9.89. The van der Waals surface area contributed by atoms with E-state index in [-0.39, 0.29) is 6.54 Å². The number of anilines is 2. The monoisotopic (exact) mass is 588 g/mol. The summed E-state index contributed by atoms with van der Waals surface area (Å²) in [6.07, 6.45) is 0.656. The number of hydrogen-bond acceptors (Lipinski definition) is 6. The van der Waals surface area contributed by atoms with Crippen molar-refractivity contribution in [3.8, 4) is 21.7 Å². The quantitative estimate of drug-likeness (QED) is 0.146. The third-order valence-corrected chi connectivity index (χ3v) is 6.80. The number of thiazole rings is 1. The summed E-state index contributed by atoms with van der Waals surface area (Å²) in [6.45, 7) is 1.18. The van der Waals surface area contributed by atoms with Crippen LogP contribution in [0.15, 0.2) is 60.8 Å². The van der Waals surface area contributed by atoms with Gasteiger partial charge in [0, 0.05) is 41.5 Å². The summed E-state index contributed by atoms with van der Waals surface area (Å²) >= 11 is 3.90. The summed E-state index contributed by atoms with van der Waals surface area (Å²) in [5.41, 5.74) is 5.14. The van der Waals surface area contributed by atoms with Crippen LogP contribution in [0.1, 0.15) is 0 Å². The van der Waals surface area contributed by atoms with Crippen molar-refractivity contribution in [1.29, 1.82) is 0 Å². The van der Waals surface area contributed by atoms with E-state index in [2.05, 4.69) is 62.8 Å². The molecular formula is C25H25IN4O3S. The SMILES string of the molecule is CN(C)c1ccc2nc(-c3ccc(-c4ccc(N(CCOCCI)C(=O)O)nc4)cc3)sc2c1. The molecule has 0 atom stereocenters. The van der Waals surface area contributed by atoms with Gasteiger partial charge in [-0.15, -0.1) is 11.3 Å². The molecule has 0 aliphatic rings. The molecule has 0 aliphatic carbocycles. The smallest absolute Gasteiger partial charge is 0.413 e. The predicted octanol–water partition coefficient (Wildman–Crippen LogP) is 6.03. The largest absolute Gasteiger partial charge is 0.465 e. The molecule has 4 rings (SSSR count). The van der Waals surface area contributed by atoms with E-state index in [0.29, 0.717) is 19.0 Å². The molecular weight excluding hydrogens is 563 g/mol. The molecule has 0 radical (unpaired) electrons.